The number of aromatic nitrogens is 1. The van der Waals surface area contributed by atoms with Crippen LogP contribution in [0.25, 0.3) is 0 Å². The lowest BCUT2D eigenvalue weighted by Crippen LogP contribution is -2.01. The van der Waals surface area contributed by atoms with E-state index in [1.165, 1.54) is 12.3 Å². The zero-order valence-electron chi connectivity index (χ0n) is 9.43. The molecular formula is C13H10ClN3O. The fraction of sp³-hybridized carbons (Fsp3) is 0.0769. The van der Waals surface area contributed by atoms with E-state index in [0.717, 1.165) is 5.56 Å². The monoisotopic (exact) mass is 259 g/mol. The summed E-state index contributed by atoms with van der Waals surface area (Å²) in [6.07, 6.45) is 1.41. The van der Waals surface area contributed by atoms with Gasteiger partial charge in [0, 0.05) is 16.8 Å². The molecule has 1 aromatic carbocycles. The van der Waals surface area contributed by atoms with E-state index in [-0.39, 0.29) is 6.61 Å². The Kier molecular flexibility index (Phi) is 3.66. The molecule has 0 aliphatic carbocycles. The number of hydrogen-bond donors (Lipinski definition) is 1. The molecule has 0 spiro atoms. The Balaban J connectivity index is 2.12. The summed E-state index contributed by atoms with van der Waals surface area (Å²) in [6.45, 7) is 0.281. The molecule has 1 heterocycles. The Labute approximate surface area is 110 Å². The number of pyridine rings is 1. The van der Waals surface area contributed by atoms with Gasteiger partial charge in [0.05, 0.1) is 11.3 Å². The highest BCUT2D eigenvalue weighted by Crippen LogP contribution is 2.22. The van der Waals surface area contributed by atoms with Crippen LogP contribution in [0.1, 0.15) is 11.1 Å². The fourth-order valence-electron chi connectivity index (χ4n) is 1.41. The van der Waals surface area contributed by atoms with Gasteiger partial charge in [0.15, 0.2) is 0 Å². The third-order valence-electron chi connectivity index (χ3n) is 2.33. The number of halogens is 1. The van der Waals surface area contributed by atoms with Crippen molar-refractivity contribution in [2.45, 2.75) is 6.61 Å². The normalized spacial score (nSPS) is 9.78. The average Bonchev–Trinajstić information content (AvgIpc) is 2.39. The predicted molar refractivity (Wildman–Crippen MR) is 69.1 cm³/mol. The number of hydrogen-bond acceptors (Lipinski definition) is 4. The molecule has 0 aliphatic rings. The van der Waals surface area contributed by atoms with Gasteiger partial charge < -0.3 is 10.5 Å². The molecule has 18 heavy (non-hydrogen) atoms. The van der Waals surface area contributed by atoms with Gasteiger partial charge in [-0.15, -0.1) is 0 Å². The van der Waals surface area contributed by atoms with E-state index < -0.39 is 0 Å². The Bertz CT molecular complexity index is 607. The molecule has 0 fully saturated rings. The van der Waals surface area contributed by atoms with Crippen molar-refractivity contribution in [2.24, 2.45) is 0 Å². The number of nitriles is 1. The van der Waals surface area contributed by atoms with Crippen LogP contribution in [0.3, 0.4) is 0 Å². The van der Waals surface area contributed by atoms with Gasteiger partial charge in [-0.1, -0.05) is 29.8 Å². The van der Waals surface area contributed by atoms with Crippen LogP contribution >= 0.6 is 11.6 Å². The topological polar surface area (TPSA) is 71.9 Å². The van der Waals surface area contributed by atoms with Gasteiger partial charge in [-0.2, -0.15) is 5.26 Å². The number of rotatable bonds is 3. The first-order valence-electron chi connectivity index (χ1n) is 5.22. The van der Waals surface area contributed by atoms with Gasteiger partial charge in [-0.25, -0.2) is 4.98 Å². The summed E-state index contributed by atoms with van der Waals surface area (Å²) in [5.41, 5.74) is 7.31. The minimum Gasteiger partial charge on any atom is -0.471 e. The second kappa shape index (κ2) is 5.39. The summed E-state index contributed by atoms with van der Waals surface area (Å²) in [6, 6.07) is 10.9. The number of nitrogens with two attached hydrogens (primary N) is 1. The number of nitrogens with zero attached hydrogens (tertiary/aromatic N) is 2. The van der Waals surface area contributed by atoms with Crippen molar-refractivity contribution in [1.82, 2.24) is 4.98 Å². The molecule has 90 valence electrons. The smallest absolute Gasteiger partial charge is 0.237 e. The lowest BCUT2D eigenvalue weighted by atomic mass is 10.2. The number of nitrogen functional groups attached to an aromatic ring is 1. The van der Waals surface area contributed by atoms with Crippen LogP contribution in [0, 0.1) is 11.3 Å². The van der Waals surface area contributed by atoms with Crippen LogP contribution < -0.4 is 10.5 Å². The Morgan fingerprint density at radius 1 is 1.39 bits per heavy atom. The van der Waals surface area contributed by atoms with Gasteiger partial charge >= 0.3 is 0 Å². The lowest BCUT2D eigenvalue weighted by Gasteiger charge is -2.08. The second-order valence-corrected chi connectivity index (χ2v) is 4.02. The van der Waals surface area contributed by atoms with Crippen LogP contribution in [0.5, 0.6) is 5.88 Å². The zero-order chi connectivity index (χ0) is 13.0. The van der Waals surface area contributed by atoms with Crippen molar-refractivity contribution in [3.8, 4) is 11.9 Å². The van der Waals surface area contributed by atoms with Crippen molar-refractivity contribution in [3.63, 3.8) is 0 Å². The van der Waals surface area contributed by atoms with E-state index in [2.05, 4.69) is 4.98 Å². The molecule has 1 aromatic heterocycles. The van der Waals surface area contributed by atoms with Crippen LogP contribution in [0.4, 0.5) is 5.69 Å². The summed E-state index contributed by atoms with van der Waals surface area (Å²) in [5.74, 6) is 0.300. The molecule has 2 rings (SSSR count). The molecule has 2 aromatic rings. The first kappa shape index (κ1) is 12.2. The molecule has 0 amide bonds. The summed E-state index contributed by atoms with van der Waals surface area (Å²) in [4.78, 5) is 3.98. The molecule has 0 atom stereocenters. The van der Waals surface area contributed by atoms with E-state index in [9.17, 15) is 0 Å². The van der Waals surface area contributed by atoms with Gasteiger partial charge in [0.2, 0.25) is 5.88 Å². The first-order valence-corrected chi connectivity index (χ1v) is 5.60. The molecule has 5 heteroatoms. The van der Waals surface area contributed by atoms with Gasteiger partial charge in [0.1, 0.15) is 12.7 Å². The van der Waals surface area contributed by atoms with Crippen LogP contribution in [-0.2, 0) is 6.61 Å². The summed E-state index contributed by atoms with van der Waals surface area (Å²) < 4.78 is 5.47. The molecule has 2 N–H and O–H groups in total. The standard InChI is InChI=1S/C13H10ClN3O/c14-11-4-2-1-3-10(11)8-18-13-12(16)5-9(6-15)7-17-13/h1-5,7H,8,16H2. The lowest BCUT2D eigenvalue weighted by molar-refractivity contribution is 0.296. The van der Waals surface area contributed by atoms with Crippen molar-refractivity contribution < 1.29 is 4.74 Å². The van der Waals surface area contributed by atoms with Crippen molar-refractivity contribution in [2.75, 3.05) is 5.73 Å². The van der Waals surface area contributed by atoms with Crippen molar-refractivity contribution >= 4 is 17.3 Å². The Hall–Kier alpha value is -2.25. The van der Waals surface area contributed by atoms with Gasteiger partial charge in [-0.3, -0.25) is 0 Å². The molecule has 0 unspecified atom stereocenters. The number of anilines is 1. The quantitative estimate of drug-likeness (QED) is 0.920. The molecule has 0 saturated heterocycles. The predicted octanol–water partition coefficient (Wildman–Crippen LogP) is 2.77. The minimum absolute atomic E-state index is 0.281. The van der Waals surface area contributed by atoms with Crippen LogP contribution in [-0.4, -0.2) is 4.98 Å². The maximum atomic E-state index is 8.69. The fourth-order valence-corrected chi connectivity index (χ4v) is 1.60. The first-order chi connectivity index (χ1) is 8.70. The molecule has 0 bridgehead atoms. The molecule has 4 nitrogen and oxygen atoms in total. The highest BCUT2D eigenvalue weighted by atomic mass is 35.5. The van der Waals surface area contributed by atoms with E-state index in [4.69, 9.17) is 27.3 Å². The largest absolute Gasteiger partial charge is 0.471 e. The van der Waals surface area contributed by atoms with Crippen molar-refractivity contribution in [1.29, 1.82) is 5.26 Å². The third-order valence-corrected chi connectivity index (χ3v) is 2.70. The highest BCUT2D eigenvalue weighted by Gasteiger charge is 2.05. The summed E-state index contributed by atoms with van der Waals surface area (Å²) >= 11 is 6.00. The van der Waals surface area contributed by atoms with E-state index in [1.54, 1.807) is 6.07 Å². The molecule has 0 saturated carbocycles. The van der Waals surface area contributed by atoms with Crippen LogP contribution in [0.15, 0.2) is 36.5 Å². The summed E-state index contributed by atoms with van der Waals surface area (Å²) in [7, 11) is 0. The zero-order valence-corrected chi connectivity index (χ0v) is 10.2. The van der Waals surface area contributed by atoms with Crippen molar-refractivity contribution in [3.05, 3.63) is 52.7 Å². The Morgan fingerprint density at radius 3 is 2.83 bits per heavy atom. The molecular weight excluding hydrogens is 250 g/mol. The number of ether oxygens (including phenoxy) is 1. The third kappa shape index (κ3) is 2.70. The van der Waals surface area contributed by atoms with Gasteiger partial charge in [0.25, 0.3) is 0 Å². The second-order valence-electron chi connectivity index (χ2n) is 3.61. The van der Waals surface area contributed by atoms with E-state index >= 15 is 0 Å². The number of benzene rings is 1. The average molecular weight is 260 g/mol. The maximum absolute atomic E-state index is 8.69. The highest BCUT2D eigenvalue weighted by molar-refractivity contribution is 6.31. The van der Waals surface area contributed by atoms with E-state index in [1.807, 2.05) is 24.3 Å². The maximum Gasteiger partial charge on any atom is 0.237 e. The van der Waals surface area contributed by atoms with E-state index in [0.29, 0.717) is 22.2 Å². The van der Waals surface area contributed by atoms with Gasteiger partial charge in [-0.05, 0) is 12.1 Å². The summed E-state index contributed by atoms with van der Waals surface area (Å²) in [5, 5.41) is 9.32. The Morgan fingerprint density at radius 2 is 2.17 bits per heavy atom. The minimum atomic E-state index is 0.281. The molecule has 0 radical (unpaired) electrons. The molecule has 0 aliphatic heterocycles. The SMILES string of the molecule is N#Cc1cnc(OCc2ccccc2Cl)c(N)c1. The van der Waals surface area contributed by atoms with Crippen LogP contribution in [0.2, 0.25) is 5.02 Å².